The SMILES string of the molecule is C[C@@H](C(=O)N[C@@H](CC(=O)O)c1ccc(F)cc1)c1cccs1. The highest BCUT2D eigenvalue weighted by molar-refractivity contribution is 7.10. The Morgan fingerprint density at radius 1 is 1.27 bits per heavy atom. The van der Waals surface area contributed by atoms with E-state index < -0.39 is 17.8 Å². The van der Waals surface area contributed by atoms with Gasteiger partial charge in [0.2, 0.25) is 5.91 Å². The van der Waals surface area contributed by atoms with Crippen molar-refractivity contribution in [3.63, 3.8) is 0 Å². The predicted molar refractivity (Wildman–Crippen MR) is 82.3 cm³/mol. The summed E-state index contributed by atoms with van der Waals surface area (Å²) in [5, 5.41) is 13.6. The summed E-state index contributed by atoms with van der Waals surface area (Å²) in [4.78, 5) is 24.2. The monoisotopic (exact) mass is 321 g/mol. The summed E-state index contributed by atoms with van der Waals surface area (Å²) in [6, 6.07) is 8.50. The first-order chi connectivity index (χ1) is 10.5. The van der Waals surface area contributed by atoms with Crippen LogP contribution < -0.4 is 5.32 Å². The Hall–Kier alpha value is -2.21. The van der Waals surface area contributed by atoms with Crippen LogP contribution in [0.4, 0.5) is 4.39 Å². The van der Waals surface area contributed by atoms with Crippen LogP contribution in [-0.2, 0) is 9.59 Å². The largest absolute Gasteiger partial charge is 0.481 e. The highest BCUT2D eigenvalue weighted by Gasteiger charge is 2.22. The van der Waals surface area contributed by atoms with Gasteiger partial charge in [0.05, 0.1) is 18.4 Å². The number of carbonyl (C=O) groups is 2. The molecule has 0 bridgehead atoms. The Bertz CT molecular complexity index is 640. The maximum Gasteiger partial charge on any atom is 0.305 e. The van der Waals surface area contributed by atoms with Gasteiger partial charge in [-0.25, -0.2) is 4.39 Å². The molecule has 1 heterocycles. The second kappa shape index (κ2) is 7.17. The van der Waals surface area contributed by atoms with Crippen LogP contribution in [-0.4, -0.2) is 17.0 Å². The van der Waals surface area contributed by atoms with E-state index in [0.717, 1.165) is 4.88 Å². The summed E-state index contributed by atoms with van der Waals surface area (Å²) >= 11 is 1.47. The van der Waals surface area contributed by atoms with E-state index in [2.05, 4.69) is 5.32 Å². The molecule has 0 aliphatic rings. The van der Waals surface area contributed by atoms with Crippen LogP contribution in [0.2, 0.25) is 0 Å². The molecule has 2 N–H and O–H groups in total. The molecule has 0 aliphatic heterocycles. The van der Waals surface area contributed by atoms with Gasteiger partial charge in [-0.1, -0.05) is 18.2 Å². The number of hydrogen-bond donors (Lipinski definition) is 2. The molecule has 2 rings (SSSR count). The van der Waals surface area contributed by atoms with E-state index in [4.69, 9.17) is 5.11 Å². The normalized spacial score (nSPS) is 13.4. The number of halogens is 1. The minimum atomic E-state index is -1.03. The van der Waals surface area contributed by atoms with Crippen LogP contribution in [0, 0.1) is 5.82 Å². The van der Waals surface area contributed by atoms with Crippen LogP contribution in [0.25, 0.3) is 0 Å². The second-order valence-electron chi connectivity index (χ2n) is 4.95. The minimum absolute atomic E-state index is 0.252. The van der Waals surface area contributed by atoms with Gasteiger partial charge < -0.3 is 10.4 Å². The van der Waals surface area contributed by atoms with Crippen molar-refractivity contribution >= 4 is 23.2 Å². The summed E-state index contributed by atoms with van der Waals surface area (Å²) in [6.45, 7) is 1.77. The van der Waals surface area contributed by atoms with E-state index in [1.165, 1.54) is 35.6 Å². The van der Waals surface area contributed by atoms with Gasteiger partial charge >= 0.3 is 5.97 Å². The quantitative estimate of drug-likeness (QED) is 0.857. The highest BCUT2D eigenvalue weighted by atomic mass is 32.1. The molecule has 6 heteroatoms. The van der Waals surface area contributed by atoms with Crippen molar-refractivity contribution in [3.8, 4) is 0 Å². The van der Waals surface area contributed by atoms with Crippen LogP contribution in [0.3, 0.4) is 0 Å². The minimum Gasteiger partial charge on any atom is -0.481 e. The smallest absolute Gasteiger partial charge is 0.305 e. The molecular formula is C16H16FNO3S. The number of aliphatic carboxylic acids is 1. The predicted octanol–water partition coefficient (Wildman–Crippen LogP) is 3.32. The van der Waals surface area contributed by atoms with E-state index >= 15 is 0 Å². The lowest BCUT2D eigenvalue weighted by Gasteiger charge is -2.20. The molecule has 0 radical (unpaired) electrons. The Balaban J connectivity index is 2.14. The van der Waals surface area contributed by atoms with Gasteiger partial charge in [-0.3, -0.25) is 9.59 Å². The van der Waals surface area contributed by atoms with Crippen LogP contribution in [0.1, 0.15) is 35.7 Å². The number of rotatable bonds is 6. The first-order valence-electron chi connectivity index (χ1n) is 6.78. The number of thiophene rings is 1. The number of carbonyl (C=O) groups excluding carboxylic acids is 1. The van der Waals surface area contributed by atoms with Gasteiger partial charge in [-0.05, 0) is 36.1 Å². The molecule has 4 nitrogen and oxygen atoms in total. The molecule has 0 saturated carbocycles. The number of carboxylic acids is 1. The number of carboxylic acid groups (broad SMARTS) is 1. The third-order valence-electron chi connectivity index (χ3n) is 3.33. The van der Waals surface area contributed by atoms with Crippen molar-refractivity contribution in [1.82, 2.24) is 5.32 Å². The van der Waals surface area contributed by atoms with Crippen molar-refractivity contribution in [2.24, 2.45) is 0 Å². The zero-order valence-corrected chi connectivity index (χ0v) is 12.8. The van der Waals surface area contributed by atoms with Crippen LogP contribution in [0.5, 0.6) is 0 Å². The number of nitrogens with one attached hydrogen (secondary N) is 1. The molecular weight excluding hydrogens is 305 g/mol. The third kappa shape index (κ3) is 4.14. The van der Waals surface area contributed by atoms with Crippen molar-refractivity contribution in [2.75, 3.05) is 0 Å². The average molecular weight is 321 g/mol. The van der Waals surface area contributed by atoms with Gasteiger partial charge in [-0.15, -0.1) is 11.3 Å². The van der Waals surface area contributed by atoms with E-state index in [-0.39, 0.29) is 18.2 Å². The summed E-state index contributed by atoms with van der Waals surface area (Å²) in [5.41, 5.74) is 0.565. The molecule has 1 aromatic carbocycles. The lowest BCUT2D eigenvalue weighted by Crippen LogP contribution is -2.33. The molecule has 22 heavy (non-hydrogen) atoms. The van der Waals surface area contributed by atoms with Gasteiger partial charge in [0.25, 0.3) is 0 Å². The lowest BCUT2D eigenvalue weighted by atomic mass is 10.0. The summed E-state index contributed by atoms with van der Waals surface area (Å²) in [5.74, 6) is -2.05. The number of benzene rings is 1. The standard InChI is InChI=1S/C16H16FNO3S/c1-10(14-3-2-8-22-14)16(21)18-13(9-15(19)20)11-4-6-12(17)7-5-11/h2-8,10,13H,9H2,1H3,(H,18,21)(H,19,20)/t10-,13+/m1/s1. The molecule has 0 aliphatic carbocycles. The van der Waals surface area contributed by atoms with E-state index in [1.807, 2.05) is 17.5 Å². The number of amides is 1. The summed E-state index contributed by atoms with van der Waals surface area (Å²) in [7, 11) is 0. The molecule has 1 aromatic heterocycles. The maximum atomic E-state index is 13.0. The fourth-order valence-electron chi connectivity index (χ4n) is 2.09. The molecule has 2 aromatic rings. The van der Waals surface area contributed by atoms with Gasteiger partial charge in [0.15, 0.2) is 0 Å². The Morgan fingerprint density at radius 2 is 1.95 bits per heavy atom. The molecule has 0 spiro atoms. The van der Waals surface area contributed by atoms with Crippen LogP contribution in [0.15, 0.2) is 41.8 Å². The van der Waals surface area contributed by atoms with Crippen molar-refractivity contribution in [2.45, 2.75) is 25.3 Å². The van der Waals surface area contributed by atoms with Crippen molar-refractivity contribution in [1.29, 1.82) is 0 Å². The number of hydrogen-bond acceptors (Lipinski definition) is 3. The van der Waals surface area contributed by atoms with E-state index in [0.29, 0.717) is 5.56 Å². The molecule has 0 unspecified atom stereocenters. The molecule has 1 amide bonds. The zero-order chi connectivity index (χ0) is 16.1. The van der Waals surface area contributed by atoms with E-state index in [9.17, 15) is 14.0 Å². The molecule has 0 fully saturated rings. The van der Waals surface area contributed by atoms with Crippen LogP contribution >= 0.6 is 11.3 Å². The van der Waals surface area contributed by atoms with E-state index in [1.54, 1.807) is 6.92 Å². The van der Waals surface area contributed by atoms with Gasteiger partial charge in [0, 0.05) is 4.88 Å². The van der Waals surface area contributed by atoms with Crippen molar-refractivity contribution in [3.05, 3.63) is 58.0 Å². The Morgan fingerprint density at radius 3 is 2.50 bits per heavy atom. The molecule has 116 valence electrons. The first kappa shape index (κ1) is 16.2. The van der Waals surface area contributed by atoms with Gasteiger partial charge in [0.1, 0.15) is 5.82 Å². The second-order valence-corrected chi connectivity index (χ2v) is 5.93. The highest BCUT2D eigenvalue weighted by Crippen LogP contribution is 2.23. The van der Waals surface area contributed by atoms with Crippen molar-refractivity contribution < 1.29 is 19.1 Å². The first-order valence-corrected chi connectivity index (χ1v) is 7.66. The zero-order valence-electron chi connectivity index (χ0n) is 12.0. The topological polar surface area (TPSA) is 66.4 Å². The Labute approximate surface area is 131 Å². The molecule has 2 atom stereocenters. The third-order valence-corrected chi connectivity index (χ3v) is 4.39. The summed E-state index contributed by atoms with van der Waals surface area (Å²) in [6.07, 6.45) is -0.255. The lowest BCUT2D eigenvalue weighted by molar-refractivity contribution is -0.137. The average Bonchev–Trinajstić information content (AvgIpc) is 3.00. The Kier molecular flexibility index (Phi) is 5.27. The van der Waals surface area contributed by atoms with Gasteiger partial charge in [-0.2, -0.15) is 0 Å². The summed E-state index contributed by atoms with van der Waals surface area (Å²) < 4.78 is 13.0. The molecule has 0 saturated heterocycles. The maximum absolute atomic E-state index is 13.0. The fourth-order valence-corrected chi connectivity index (χ4v) is 2.87. The fraction of sp³-hybridized carbons (Fsp3) is 0.250.